The second kappa shape index (κ2) is 5.52. The van der Waals surface area contributed by atoms with E-state index in [0.29, 0.717) is 5.69 Å². The fourth-order valence-corrected chi connectivity index (χ4v) is 3.24. The Balaban J connectivity index is 1.67. The molecular formula is C18H18N4O. The van der Waals surface area contributed by atoms with E-state index in [4.69, 9.17) is 0 Å². The maximum absolute atomic E-state index is 12.8. The molecule has 4 rings (SSSR count). The van der Waals surface area contributed by atoms with Gasteiger partial charge in [0.25, 0.3) is 5.91 Å². The molecule has 2 aromatic heterocycles. The first-order chi connectivity index (χ1) is 11.2. The lowest BCUT2D eigenvalue weighted by Gasteiger charge is -2.27. The van der Waals surface area contributed by atoms with Gasteiger partial charge in [0, 0.05) is 19.3 Å². The second-order valence-electron chi connectivity index (χ2n) is 5.83. The molecule has 2 N–H and O–H groups in total. The Morgan fingerprint density at radius 3 is 3.00 bits per heavy atom. The number of hydrogen-bond donors (Lipinski definition) is 2. The van der Waals surface area contributed by atoms with Crippen LogP contribution >= 0.6 is 0 Å². The summed E-state index contributed by atoms with van der Waals surface area (Å²) in [5.41, 5.74) is 4.55. The summed E-state index contributed by atoms with van der Waals surface area (Å²) in [6.07, 6.45) is 1.87. The monoisotopic (exact) mass is 306 g/mol. The molecule has 0 saturated heterocycles. The van der Waals surface area contributed by atoms with Crippen LogP contribution in [0.25, 0.3) is 5.65 Å². The van der Waals surface area contributed by atoms with Gasteiger partial charge in [0.1, 0.15) is 11.3 Å². The average molecular weight is 306 g/mol. The summed E-state index contributed by atoms with van der Waals surface area (Å²) in [7, 11) is 0. The molecule has 3 heterocycles. The van der Waals surface area contributed by atoms with Crippen molar-refractivity contribution in [3.05, 3.63) is 71.2 Å². The zero-order chi connectivity index (χ0) is 15.8. The molecule has 0 aliphatic carbocycles. The third-order valence-corrected chi connectivity index (χ3v) is 4.32. The van der Waals surface area contributed by atoms with Crippen LogP contribution in [0.1, 0.15) is 33.4 Å². The molecule has 1 aliphatic heterocycles. The number of amides is 1. The summed E-state index contributed by atoms with van der Waals surface area (Å²) in [4.78, 5) is 17.3. The number of rotatable bonds is 2. The molecule has 0 spiro atoms. The Hall–Kier alpha value is -2.66. The Morgan fingerprint density at radius 1 is 1.26 bits per heavy atom. The Kier molecular flexibility index (Phi) is 3.35. The molecule has 23 heavy (non-hydrogen) atoms. The molecule has 0 radical (unpaired) electrons. The quantitative estimate of drug-likeness (QED) is 0.763. The first-order valence-corrected chi connectivity index (χ1v) is 7.77. The molecule has 1 unspecified atom stereocenters. The number of nitrogens with one attached hydrogen (secondary N) is 2. The van der Waals surface area contributed by atoms with Crippen molar-refractivity contribution in [2.75, 3.05) is 6.54 Å². The third kappa shape index (κ3) is 2.39. The van der Waals surface area contributed by atoms with Crippen LogP contribution in [0.15, 0.2) is 48.7 Å². The number of hydrogen-bond acceptors (Lipinski definition) is 3. The molecule has 1 aromatic carbocycles. The van der Waals surface area contributed by atoms with E-state index >= 15 is 0 Å². The van der Waals surface area contributed by atoms with Crippen LogP contribution in [0.5, 0.6) is 0 Å². The number of benzene rings is 1. The number of nitrogens with zero attached hydrogens (tertiary/aromatic N) is 2. The minimum atomic E-state index is -0.0929. The second-order valence-corrected chi connectivity index (χ2v) is 5.83. The molecular weight excluding hydrogens is 288 g/mol. The Bertz CT molecular complexity index is 884. The maximum atomic E-state index is 12.8. The highest BCUT2D eigenvalue weighted by molar-refractivity contribution is 5.95. The predicted octanol–water partition coefficient (Wildman–Crippen LogP) is 2.22. The fourth-order valence-electron chi connectivity index (χ4n) is 3.24. The summed E-state index contributed by atoms with van der Waals surface area (Å²) < 4.78 is 1.84. The van der Waals surface area contributed by atoms with Crippen LogP contribution < -0.4 is 10.6 Å². The van der Waals surface area contributed by atoms with Crippen molar-refractivity contribution in [3.8, 4) is 0 Å². The molecule has 0 bridgehead atoms. The topological polar surface area (TPSA) is 58.4 Å². The van der Waals surface area contributed by atoms with E-state index in [-0.39, 0.29) is 11.9 Å². The maximum Gasteiger partial charge on any atom is 0.270 e. The van der Waals surface area contributed by atoms with Crippen LogP contribution in [-0.4, -0.2) is 21.8 Å². The lowest BCUT2D eigenvalue weighted by atomic mass is 9.96. The zero-order valence-electron chi connectivity index (χ0n) is 12.9. The van der Waals surface area contributed by atoms with E-state index < -0.39 is 0 Å². The van der Waals surface area contributed by atoms with Crippen molar-refractivity contribution in [3.63, 3.8) is 0 Å². The first-order valence-electron chi connectivity index (χ1n) is 7.77. The van der Waals surface area contributed by atoms with E-state index in [1.54, 1.807) is 0 Å². The van der Waals surface area contributed by atoms with Gasteiger partial charge in [0.15, 0.2) is 0 Å². The molecule has 1 atom stereocenters. The zero-order valence-corrected chi connectivity index (χ0v) is 12.9. The van der Waals surface area contributed by atoms with Gasteiger partial charge in [-0.15, -0.1) is 0 Å². The van der Waals surface area contributed by atoms with Gasteiger partial charge in [-0.2, -0.15) is 0 Å². The van der Waals surface area contributed by atoms with Crippen molar-refractivity contribution in [1.29, 1.82) is 0 Å². The van der Waals surface area contributed by atoms with Gasteiger partial charge in [-0.1, -0.05) is 30.3 Å². The van der Waals surface area contributed by atoms with Crippen LogP contribution in [0.3, 0.4) is 0 Å². The highest BCUT2D eigenvalue weighted by atomic mass is 16.2. The molecule has 5 nitrogen and oxygen atoms in total. The highest BCUT2D eigenvalue weighted by Gasteiger charge is 2.24. The van der Waals surface area contributed by atoms with Gasteiger partial charge in [-0.05, 0) is 30.2 Å². The minimum absolute atomic E-state index is 0.0267. The van der Waals surface area contributed by atoms with Crippen molar-refractivity contribution in [2.24, 2.45) is 0 Å². The molecule has 1 aliphatic rings. The molecule has 1 amide bonds. The van der Waals surface area contributed by atoms with Crippen molar-refractivity contribution in [2.45, 2.75) is 19.5 Å². The number of aromatic nitrogens is 2. The normalized spacial score (nSPS) is 17.0. The highest BCUT2D eigenvalue weighted by Crippen LogP contribution is 2.22. The van der Waals surface area contributed by atoms with Gasteiger partial charge in [-0.25, -0.2) is 4.98 Å². The first kappa shape index (κ1) is 14.0. The van der Waals surface area contributed by atoms with Crippen LogP contribution in [-0.2, 0) is 6.54 Å². The number of carbonyl (C=O) groups excluding carboxylic acids is 1. The molecule has 3 aromatic rings. The summed E-state index contributed by atoms with van der Waals surface area (Å²) in [5, 5.41) is 6.50. The van der Waals surface area contributed by atoms with Crippen molar-refractivity contribution >= 4 is 11.6 Å². The number of carbonyl (C=O) groups is 1. The smallest absolute Gasteiger partial charge is 0.270 e. The van der Waals surface area contributed by atoms with E-state index in [0.717, 1.165) is 24.4 Å². The average Bonchev–Trinajstić information content (AvgIpc) is 2.91. The fraction of sp³-hybridized carbons (Fsp3) is 0.222. The van der Waals surface area contributed by atoms with Crippen molar-refractivity contribution in [1.82, 2.24) is 20.0 Å². The Morgan fingerprint density at radius 2 is 2.09 bits per heavy atom. The molecule has 0 saturated carbocycles. The standard InChI is InChI=1S/C18H18N4O/c1-12-17(22-9-5-4-8-16(22)20-12)18(23)21-15-11-19-10-13-6-2-3-7-14(13)15/h2-9,15,19H,10-11H2,1H3,(H,21,23). The minimum Gasteiger partial charge on any atom is -0.343 e. The van der Waals surface area contributed by atoms with Gasteiger partial charge >= 0.3 is 0 Å². The summed E-state index contributed by atoms with van der Waals surface area (Å²) in [5.74, 6) is -0.0929. The number of fused-ring (bicyclic) bond motifs is 2. The summed E-state index contributed by atoms with van der Waals surface area (Å²) in [6, 6.07) is 13.9. The van der Waals surface area contributed by atoms with Crippen LogP contribution in [0.4, 0.5) is 0 Å². The SMILES string of the molecule is Cc1nc2ccccn2c1C(=O)NC1CNCc2ccccc21. The van der Waals surface area contributed by atoms with Crippen molar-refractivity contribution < 1.29 is 4.79 Å². The lowest BCUT2D eigenvalue weighted by Crippen LogP contribution is -2.39. The largest absolute Gasteiger partial charge is 0.343 e. The molecule has 0 fully saturated rings. The Labute approximate surface area is 134 Å². The van der Waals surface area contributed by atoms with Gasteiger partial charge in [0.2, 0.25) is 0 Å². The van der Waals surface area contributed by atoms with Crippen LogP contribution in [0, 0.1) is 6.92 Å². The molecule has 5 heteroatoms. The van der Waals surface area contributed by atoms with Gasteiger partial charge in [0.05, 0.1) is 11.7 Å². The van der Waals surface area contributed by atoms with Crippen LogP contribution in [0.2, 0.25) is 0 Å². The van der Waals surface area contributed by atoms with Gasteiger partial charge < -0.3 is 10.6 Å². The van der Waals surface area contributed by atoms with E-state index in [2.05, 4.69) is 27.8 Å². The number of pyridine rings is 1. The predicted molar refractivity (Wildman–Crippen MR) is 88.3 cm³/mol. The summed E-state index contributed by atoms with van der Waals surface area (Å²) >= 11 is 0. The third-order valence-electron chi connectivity index (χ3n) is 4.32. The summed E-state index contributed by atoms with van der Waals surface area (Å²) in [6.45, 7) is 3.45. The molecule has 116 valence electrons. The van der Waals surface area contributed by atoms with Gasteiger partial charge in [-0.3, -0.25) is 9.20 Å². The lowest BCUT2D eigenvalue weighted by molar-refractivity contribution is 0.0928. The number of aryl methyl sites for hydroxylation is 1. The van der Waals surface area contributed by atoms with E-state index in [1.807, 2.05) is 47.9 Å². The van der Waals surface area contributed by atoms with E-state index in [1.165, 1.54) is 11.1 Å². The van der Waals surface area contributed by atoms with E-state index in [9.17, 15) is 4.79 Å². The number of imidazole rings is 1.